The van der Waals surface area contributed by atoms with Crippen LogP contribution in [0.2, 0.25) is 0 Å². The number of fused-ring (bicyclic) bond motifs is 3. The summed E-state index contributed by atoms with van der Waals surface area (Å²) in [4.78, 5) is 13.0. The molecule has 1 amide bonds. The lowest BCUT2D eigenvalue weighted by Gasteiger charge is -2.29. The van der Waals surface area contributed by atoms with Crippen molar-refractivity contribution in [2.75, 3.05) is 26.6 Å². The van der Waals surface area contributed by atoms with Crippen molar-refractivity contribution in [1.29, 1.82) is 0 Å². The molecular weight excluding hydrogens is 358 g/mol. The Bertz CT molecular complexity index is 886. The predicted molar refractivity (Wildman–Crippen MR) is 106 cm³/mol. The molecule has 4 rings (SSSR count). The summed E-state index contributed by atoms with van der Waals surface area (Å²) in [5.74, 6) is 2.20. The number of amides is 1. The molecule has 0 saturated carbocycles. The molecule has 0 aromatic heterocycles. The van der Waals surface area contributed by atoms with Gasteiger partial charge in [-0.05, 0) is 48.2 Å². The van der Waals surface area contributed by atoms with Gasteiger partial charge in [0.25, 0.3) is 0 Å². The highest BCUT2D eigenvalue weighted by Crippen LogP contribution is 2.40. The van der Waals surface area contributed by atoms with Crippen molar-refractivity contribution in [2.45, 2.75) is 24.9 Å². The van der Waals surface area contributed by atoms with Crippen LogP contribution < -0.4 is 30.4 Å². The summed E-state index contributed by atoms with van der Waals surface area (Å²) in [7, 11) is 4.84. The largest absolute Gasteiger partial charge is 0.497 e. The van der Waals surface area contributed by atoms with Crippen LogP contribution in [0, 0.1) is 5.92 Å². The number of hydrogen-bond acceptors (Lipinski definition) is 6. The summed E-state index contributed by atoms with van der Waals surface area (Å²) in [6.45, 7) is 0. The van der Waals surface area contributed by atoms with Crippen molar-refractivity contribution >= 4 is 11.6 Å². The molecule has 0 radical (unpaired) electrons. The van der Waals surface area contributed by atoms with E-state index in [2.05, 4.69) is 28.3 Å². The highest BCUT2D eigenvalue weighted by Gasteiger charge is 2.43. The van der Waals surface area contributed by atoms with Gasteiger partial charge in [-0.25, -0.2) is 10.9 Å². The van der Waals surface area contributed by atoms with Gasteiger partial charge in [-0.15, -0.1) is 0 Å². The zero-order valence-corrected chi connectivity index (χ0v) is 16.2. The number of benzene rings is 2. The van der Waals surface area contributed by atoms with Gasteiger partial charge in [0, 0.05) is 12.0 Å². The van der Waals surface area contributed by atoms with E-state index in [0.29, 0.717) is 17.2 Å². The lowest BCUT2D eigenvalue weighted by atomic mass is 9.77. The SMILES string of the molecule is COc1ccc2c(c1)CCC1C(C(=O)Nc3ccc(OC)cc3OC)NNC21. The van der Waals surface area contributed by atoms with E-state index in [4.69, 9.17) is 14.2 Å². The molecule has 0 bridgehead atoms. The zero-order chi connectivity index (χ0) is 19.7. The molecule has 2 aromatic carbocycles. The Labute approximate surface area is 164 Å². The first-order valence-corrected chi connectivity index (χ1v) is 9.35. The third-order valence-electron chi connectivity index (χ3n) is 5.63. The van der Waals surface area contributed by atoms with Gasteiger partial charge in [0.2, 0.25) is 5.91 Å². The lowest BCUT2D eigenvalue weighted by Crippen LogP contribution is -2.42. The number of aryl methyl sites for hydroxylation is 1. The van der Waals surface area contributed by atoms with Crippen LogP contribution in [0.5, 0.6) is 17.2 Å². The molecule has 1 fully saturated rings. The number of hydrazine groups is 1. The van der Waals surface area contributed by atoms with Gasteiger partial charge in [-0.1, -0.05) is 6.07 Å². The normalized spacial score (nSPS) is 22.8. The first kappa shape index (κ1) is 18.6. The first-order chi connectivity index (χ1) is 13.6. The minimum atomic E-state index is -0.327. The van der Waals surface area contributed by atoms with Crippen molar-refractivity contribution in [1.82, 2.24) is 10.9 Å². The van der Waals surface area contributed by atoms with Crippen molar-refractivity contribution in [3.63, 3.8) is 0 Å². The van der Waals surface area contributed by atoms with Crippen LogP contribution in [0.25, 0.3) is 0 Å². The number of nitrogens with one attached hydrogen (secondary N) is 3. The lowest BCUT2D eigenvalue weighted by molar-refractivity contribution is -0.118. The third kappa shape index (κ3) is 3.27. The van der Waals surface area contributed by atoms with Gasteiger partial charge in [0.15, 0.2) is 0 Å². The Balaban J connectivity index is 1.51. The van der Waals surface area contributed by atoms with E-state index in [-0.39, 0.29) is 23.9 Å². The van der Waals surface area contributed by atoms with Crippen LogP contribution in [0.15, 0.2) is 36.4 Å². The summed E-state index contributed by atoms with van der Waals surface area (Å²) in [6.07, 6.45) is 1.84. The molecule has 7 heteroatoms. The highest BCUT2D eigenvalue weighted by molar-refractivity contribution is 5.96. The molecule has 3 unspecified atom stereocenters. The zero-order valence-electron chi connectivity index (χ0n) is 16.2. The number of hydrogen-bond donors (Lipinski definition) is 3. The number of carbonyl (C=O) groups excluding carboxylic acids is 1. The first-order valence-electron chi connectivity index (χ1n) is 9.35. The minimum Gasteiger partial charge on any atom is -0.497 e. The summed E-state index contributed by atoms with van der Waals surface area (Å²) < 4.78 is 15.9. The van der Waals surface area contributed by atoms with Gasteiger partial charge in [0.05, 0.1) is 33.1 Å². The molecule has 28 heavy (non-hydrogen) atoms. The molecule has 2 aromatic rings. The molecule has 3 N–H and O–H groups in total. The topological polar surface area (TPSA) is 80.9 Å². The fourth-order valence-electron chi connectivity index (χ4n) is 4.15. The van der Waals surface area contributed by atoms with E-state index in [0.717, 1.165) is 18.6 Å². The van der Waals surface area contributed by atoms with E-state index in [9.17, 15) is 4.79 Å². The molecule has 0 spiro atoms. The maximum Gasteiger partial charge on any atom is 0.243 e. The fourth-order valence-corrected chi connectivity index (χ4v) is 4.15. The number of rotatable bonds is 5. The van der Waals surface area contributed by atoms with Gasteiger partial charge in [0.1, 0.15) is 23.3 Å². The molecule has 1 aliphatic carbocycles. The second-order valence-corrected chi connectivity index (χ2v) is 7.07. The van der Waals surface area contributed by atoms with Crippen LogP contribution in [-0.4, -0.2) is 33.3 Å². The standard InChI is InChI=1S/C21H25N3O4/c1-26-13-5-8-15-12(10-13)4-7-16-19(15)23-24-20(16)21(25)22-17-9-6-14(27-2)11-18(17)28-3/h5-6,8-11,16,19-20,23-24H,4,7H2,1-3H3,(H,22,25). The van der Waals surface area contributed by atoms with E-state index < -0.39 is 0 Å². The number of anilines is 1. The average molecular weight is 383 g/mol. The molecular formula is C21H25N3O4. The Morgan fingerprint density at radius 1 is 1.00 bits per heavy atom. The number of methoxy groups -OCH3 is 3. The molecule has 7 nitrogen and oxygen atoms in total. The monoisotopic (exact) mass is 383 g/mol. The number of ether oxygens (including phenoxy) is 3. The van der Waals surface area contributed by atoms with E-state index in [1.807, 2.05) is 6.07 Å². The minimum absolute atomic E-state index is 0.0829. The summed E-state index contributed by atoms with van der Waals surface area (Å²) in [6, 6.07) is 11.3. The summed E-state index contributed by atoms with van der Waals surface area (Å²) in [5, 5.41) is 2.99. The quantitative estimate of drug-likeness (QED) is 0.736. The molecule has 1 aliphatic heterocycles. The van der Waals surface area contributed by atoms with Crippen molar-refractivity contribution in [3.05, 3.63) is 47.5 Å². The second kappa shape index (κ2) is 7.69. The Hall–Kier alpha value is -2.77. The highest BCUT2D eigenvalue weighted by atomic mass is 16.5. The van der Waals surface area contributed by atoms with Gasteiger partial charge < -0.3 is 19.5 Å². The predicted octanol–water partition coefficient (Wildman–Crippen LogP) is 2.43. The average Bonchev–Trinajstić information content (AvgIpc) is 3.18. The maximum absolute atomic E-state index is 13.0. The smallest absolute Gasteiger partial charge is 0.243 e. The Morgan fingerprint density at radius 2 is 1.75 bits per heavy atom. The summed E-state index contributed by atoms with van der Waals surface area (Å²) in [5.41, 5.74) is 9.62. The van der Waals surface area contributed by atoms with Crippen LogP contribution in [0.1, 0.15) is 23.6 Å². The maximum atomic E-state index is 13.0. The molecule has 148 valence electrons. The van der Waals surface area contributed by atoms with Gasteiger partial charge >= 0.3 is 0 Å². The van der Waals surface area contributed by atoms with Gasteiger partial charge in [-0.3, -0.25) is 4.79 Å². The molecule has 1 saturated heterocycles. The fraction of sp³-hybridized carbons (Fsp3) is 0.381. The Kier molecular flexibility index (Phi) is 5.11. The molecule has 2 aliphatic rings. The van der Waals surface area contributed by atoms with Crippen LogP contribution in [0.4, 0.5) is 5.69 Å². The van der Waals surface area contributed by atoms with Crippen molar-refractivity contribution < 1.29 is 19.0 Å². The van der Waals surface area contributed by atoms with E-state index in [1.54, 1.807) is 39.5 Å². The van der Waals surface area contributed by atoms with Crippen LogP contribution >= 0.6 is 0 Å². The number of carbonyl (C=O) groups is 1. The molecule has 3 atom stereocenters. The van der Waals surface area contributed by atoms with Crippen LogP contribution in [-0.2, 0) is 11.2 Å². The molecule has 1 heterocycles. The van der Waals surface area contributed by atoms with Crippen molar-refractivity contribution in [2.24, 2.45) is 5.92 Å². The van der Waals surface area contributed by atoms with Crippen LogP contribution in [0.3, 0.4) is 0 Å². The second-order valence-electron chi connectivity index (χ2n) is 7.07. The van der Waals surface area contributed by atoms with E-state index in [1.165, 1.54) is 11.1 Å². The summed E-state index contributed by atoms with van der Waals surface area (Å²) >= 11 is 0. The van der Waals surface area contributed by atoms with E-state index >= 15 is 0 Å². The third-order valence-corrected chi connectivity index (χ3v) is 5.63. The Morgan fingerprint density at radius 3 is 2.50 bits per heavy atom. The van der Waals surface area contributed by atoms with Crippen molar-refractivity contribution in [3.8, 4) is 17.2 Å². The van der Waals surface area contributed by atoms with Gasteiger partial charge in [-0.2, -0.15) is 0 Å².